The van der Waals surface area contributed by atoms with Gasteiger partial charge in [-0.2, -0.15) is 0 Å². The molecule has 0 radical (unpaired) electrons. The maximum Gasteiger partial charge on any atom is 0.0555 e. The van der Waals surface area contributed by atoms with Crippen LogP contribution in [0.3, 0.4) is 0 Å². The Balaban J connectivity index is 1.79. The van der Waals surface area contributed by atoms with Crippen molar-refractivity contribution in [3.63, 3.8) is 0 Å². The van der Waals surface area contributed by atoms with Gasteiger partial charge in [0.2, 0.25) is 0 Å². The number of unbranched alkanes of at least 4 members (excludes halogenated alkanes) is 2. The predicted octanol–water partition coefficient (Wildman–Crippen LogP) is -0.356. The quantitative estimate of drug-likeness (QED) is 0.484. The number of hydrogen-bond acceptors (Lipinski definition) is 4. The third-order valence-electron chi connectivity index (χ3n) is 2.83. The van der Waals surface area contributed by atoms with Crippen molar-refractivity contribution >= 4 is 0 Å². The highest BCUT2D eigenvalue weighted by Crippen LogP contribution is 1.99. The summed E-state index contributed by atoms with van der Waals surface area (Å²) in [6.45, 7) is 8.00. The smallest absolute Gasteiger partial charge is 0.0555 e. The van der Waals surface area contributed by atoms with Gasteiger partial charge in [-0.05, 0) is 25.9 Å². The Morgan fingerprint density at radius 2 is 1.87 bits per heavy atom. The van der Waals surface area contributed by atoms with Gasteiger partial charge in [-0.25, -0.2) is 0 Å². The molecule has 0 saturated carbocycles. The molecule has 4 heteroatoms. The summed E-state index contributed by atoms with van der Waals surface area (Å²) in [6, 6.07) is 0. The first-order valence-electron chi connectivity index (χ1n) is 6.18. The van der Waals surface area contributed by atoms with Gasteiger partial charge in [0.05, 0.1) is 6.61 Å². The van der Waals surface area contributed by atoms with Crippen molar-refractivity contribution in [1.29, 1.82) is 0 Å². The molecular weight excluding hydrogens is 190 g/mol. The van der Waals surface area contributed by atoms with Crippen molar-refractivity contribution in [3.05, 3.63) is 0 Å². The molecule has 0 aromatic carbocycles. The minimum Gasteiger partial charge on any atom is -0.395 e. The lowest BCUT2D eigenvalue weighted by molar-refractivity contribution is 0.236. The lowest BCUT2D eigenvalue weighted by atomic mass is 10.2. The average Bonchev–Trinajstić information content (AvgIpc) is 2.29. The van der Waals surface area contributed by atoms with Gasteiger partial charge in [0.25, 0.3) is 0 Å². The molecule has 1 aliphatic rings. The zero-order valence-corrected chi connectivity index (χ0v) is 9.67. The Bertz CT molecular complexity index is 138. The molecule has 0 unspecified atom stereocenters. The van der Waals surface area contributed by atoms with E-state index in [1.165, 1.54) is 38.9 Å². The molecule has 0 aliphatic carbocycles. The van der Waals surface area contributed by atoms with E-state index in [0.717, 1.165) is 26.2 Å². The Morgan fingerprint density at radius 3 is 2.60 bits per heavy atom. The summed E-state index contributed by atoms with van der Waals surface area (Å²) in [6.07, 6.45) is 3.83. The van der Waals surface area contributed by atoms with Crippen LogP contribution in [0.15, 0.2) is 0 Å². The Labute approximate surface area is 93.0 Å². The highest BCUT2D eigenvalue weighted by atomic mass is 16.3. The number of hydrogen-bond donors (Lipinski definition) is 3. The molecule has 4 nitrogen and oxygen atoms in total. The van der Waals surface area contributed by atoms with Crippen molar-refractivity contribution < 1.29 is 5.11 Å². The topological polar surface area (TPSA) is 47.5 Å². The van der Waals surface area contributed by atoms with Gasteiger partial charge in [-0.3, -0.25) is 0 Å². The maximum atomic E-state index is 8.56. The van der Waals surface area contributed by atoms with Crippen LogP contribution in [0.1, 0.15) is 19.3 Å². The first kappa shape index (κ1) is 12.9. The van der Waals surface area contributed by atoms with Crippen LogP contribution in [0.2, 0.25) is 0 Å². The molecule has 1 rings (SSSR count). The van der Waals surface area contributed by atoms with E-state index in [2.05, 4.69) is 15.5 Å². The molecule has 0 aromatic rings. The number of nitrogens with one attached hydrogen (secondary N) is 2. The molecular formula is C11H25N3O. The van der Waals surface area contributed by atoms with E-state index in [0.29, 0.717) is 0 Å². The van der Waals surface area contributed by atoms with Crippen LogP contribution in [0, 0.1) is 0 Å². The van der Waals surface area contributed by atoms with Crippen LogP contribution in [-0.2, 0) is 0 Å². The van der Waals surface area contributed by atoms with Crippen LogP contribution in [-0.4, -0.2) is 62.4 Å². The second-order valence-electron chi connectivity index (χ2n) is 4.13. The van der Waals surface area contributed by atoms with E-state index in [1.807, 2.05) is 0 Å². The van der Waals surface area contributed by atoms with Crippen molar-refractivity contribution in [2.24, 2.45) is 0 Å². The largest absolute Gasteiger partial charge is 0.395 e. The molecule has 3 N–H and O–H groups in total. The molecule has 0 bridgehead atoms. The minimum atomic E-state index is 0.251. The number of rotatable bonds is 8. The molecule has 1 aliphatic heterocycles. The summed E-state index contributed by atoms with van der Waals surface area (Å²) < 4.78 is 0. The van der Waals surface area contributed by atoms with Gasteiger partial charge < -0.3 is 20.6 Å². The van der Waals surface area contributed by atoms with Crippen molar-refractivity contribution in [2.75, 3.05) is 52.4 Å². The van der Waals surface area contributed by atoms with Gasteiger partial charge in [0.1, 0.15) is 0 Å². The molecule has 90 valence electrons. The summed E-state index contributed by atoms with van der Waals surface area (Å²) in [7, 11) is 0. The van der Waals surface area contributed by atoms with E-state index in [-0.39, 0.29) is 6.61 Å². The van der Waals surface area contributed by atoms with Crippen LogP contribution in [0.4, 0.5) is 0 Å². The van der Waals surface area contributed by atoms with Crippen molar-refractivity contribution in [3.8, 4) is 0 Å². The molecule has 15 heavy (non-hydrogen) atoms. The first-order valence-corrected chi connectivity index (χ1v) is 6.18. The summed E-state index contributed by atoms with van der Waals surface area (Å²) in [4.78, 5) is 2.54. The highest BCUT2D eigenvalue weighted by molar-refractivity contribution is 4.67. The van der Waals surface area contributed by atoms with Crippen LogP contribution in [0.5, 0.6) is 0 Å². The van der Waals surface area contributed by atoms with E-state index in [9.17, 15) is 0 Å². The second kappa shape index (κ2) is 9.09. The van der Waals surface area contributed by atoms with E-state index in [1.54, 1.807) is 0 Å². The lowest BCUT2D eigenvalue weighted by Crippen LogP contribution is -2.43. The monoisotopic (exact) mass is 215 g/mol. The molecule has 0 atom stereocenters. The van der Waals surface area contributed by atoms with Crippen LogP contribution < -0.4 is 10.6 Å². The third-order valence-corrected chi connectivity index (χ3v) is 2.83. The molecule has 1 fully saturated rings. The minimum absolute atomic E-state index is 0.251. The molecule has 0 aromatic heterocycles. The average molecular weight is 215 g/mol. The standard InChI is InChI=1S/C11H25N3O/c15-11-7-12-4-2-1-3-8-14-9-5-13-6-10-14/h12-13,15H,1-11H2. The molecule has 1 heterocycles. The lowest BCUT2D eigenvalue weighted by Gasteiger charge is -2.27. The van der Waals surface area contributed by atoms with Crippen LogP contribution in [0.25, 0.3) is 0 Å². The molecule has 0 spiro atoms. The zero-order chi connectivity index (χ0) is 10.8. The summed E-state index contributed by atoms with van der Waals surface area (Å²) in [5.74, 6) is 0. The third kappa shape index (κ3) is 6.84. The maximum absolute atomic E-state index is 8.56. The normalized spacial score (nSPS) is 18.2. The van der Waals surface area contributed by atoms with E-state index >= 15 is 0 Å². The fraction of sp³-hybridized carbons (Fsp3) is 1.00. The number of aliphatic hydroxyl groups excluding tert-OH is 1. The summed E-state index contributed by atoms with van der Waals surface area (Å²) >= 11 is 0. The van der Waals surface area contributed by atoms with Gasteiger partial charge in [-0.1, -0.05) is 6.42 Å². The van der Waals surface area contributed by atoms with Gasteiger partial charge in [0, 0.05) is 32.7 Å². The fourth-order valence-electron chi connectivity index (χ4n) is 1.90. The second-order valence-corrected chi connectivity index (χ2v) is 4.13. The van der Waals surface area contributed by atoms with Crippen molar-refractivity contribution in [1.82, 2.24) is 15.5 Å². The number of nitrogens with zero attached hydrogens (tertiary/aromatic N) is 1. The van der Waals surface area contributed by atoms with E-state index < -0.39 is 0 Å². The Morgan fingerprint density at radius 1 is 1.07 bits per heavy atom. The van der Waals surface area contributed by atoms with Crippen LogP contribution >= 0.6 is 0 Å². The Kier molecular flexibility index (Phi) is 7.83. The highest BCUT2D eigenvalue weighted by Gasteiger charge is 2.07. The van der Waals surface area contributed by atoms with Gasteiger partial charge >= 0.3 is 0 Å². The van der Waals surface area contributed by atoms with Crippen molar-refractivity contribution in [2.45, 2.75) is 19.3 Å². The molecule has 1 saturated heterocycles. The molecule has 0 amide bonds. The Hall–Kier alpha value is -0.160. The summed E-state index contributed by atoms with van der Waals surface area (Å²) in [5, 5.41) is 15.1. The first-order chi connectivity index (χ1) is 7.43. The number of piperazine rings is 1. The van der Waals surface area contributed by atoms with Gasteiger partial charge in [-0.15, -0.1) is 0 Å². The predicted molar refractivity (Wildman–Crippen MR) is 63.1 cm³/mol. The summed E-state index contributed by atoms with van der Waals surface area (Å²) in [5.41, 5.74) is 0. The zero-order valence-electron chi connectivity index (χ0n) is 9.67. The van der Waals surface area contributed by atoms with E-state index in [4.69, 9.17) is 5.11 Å². The number of aliphatic hydroxyl groups is 1. The SMILES string of the molecule is OCCNCCCCCN1CCNCC1. The fourth-order valence-corrected chi connectivity index (χ4v) is 1.90. The van der Waals surface area contributed by atoms with Gasteiger partial charge in [0.15, 0.2) is 0 Å².